The Morgan fingerprint density at radius 3 is 2.23 bits per heavy atom. The Kier molecular flexibility index (Phi) is 17.9. The number of aryl methyl sites for hydroxylation is 1. The van der Waals surface area contributed by atoms with Gasteiger partial charge in [0.1, 0.15) is 49.0 Å². The first kappa shape index (κ1) is 53.5. The first-order valence-electron chi connectivity index (χ1n) is 23.2. The fourth-order valence-corrected chi connectivity index (χ4v) is 9.18. The van der Waals surface area contributed by atoms with E-state index in [-0.39, 0.29) is 55.2 Å². The van der Waals surface area contributed by atoms with Crippen LogP contribution in [0.25, 0.3) is 5.57 Å². The number of methoxy groups -OCH3 is 3. The van der Waals surface area contributed by atoms with E-state index < -0.39 is 68.5 Å². The molecule has 0 saturated carbocycles. The third-order valence-electron chi connectivity index (χ3n) is 12.2. The van der Waals surface area contributed by atoms with Crippen LogP contribution in [-0.4, -0.2) is 121 Å². The predicted octanol–water partition coefficient (Wildman–Crippen LogP) is 6.47. The van der Waals surface area contributed by atoms with Gasteiger partial charge in [0.15, 0.2) is 12.2 Å². The molecule has 6 rings (SSSR count). The molecule has 0 radical (unpaired) electrons. The molecular weight excluding hydrogens is 937 g/mol. The zero-order valence-electron chi connectivity index (χ0n) is 41.6. The molecule has 3 aromatic carbocycles. The highest BCUT2D eigenvalue weighted by molar-refractivity contribution is 6.76. The number of nitrogens with zero attached hydrogens (tertiary/aromatic N) is 2. The van der Waals surface area contributed by atoms with Gasteiger partial charge in [-0.05, 0) is 72.0 Å². The summed E-state index contributed by atoms with van der Waals surface area (Å²) in [5, 5.41) is 0. The van der Waals surface area contributed by atoms with Crippen LogP contribution in [0.1, 0.15) is 67.1 Å². The summed E-state index contributed by atoms with van der Waals surface area (Å²) in [6.07, 6.45) is 3.08. The van der Waals surface area contributed by atoms with Gasteiger partial charge in [-0.15, -0.1) is 6.42 Å². The third-order valence-corrected chi connectivity index (χ3v) is 13.9. The number of rotatable bonds is 21. The molecular formula is C52H62N2O16Si. The summed E-state index contributed by atoms with van der Waals surface area (Å²) >= 11 is 0. The van der Waals surface area contributed by atoms with Crippen molar-refractivity contribution in [2.24, 2.45) is 5.92 Å². The van der Waals surface area contributed by atoms with Crippen molar-refractivity contribution in [1.29, 1.82) is 0 Å². The molecule has 0 spiro atoms. The summed E-state index contributed by atoms with van der Waals surface area (Å²) in [7, 11) is 2.81. The van der Waals surface area contributed by atoms with E-state index >= 15 is 0 Å². The minimum Gasteiger partial charge on any atom is -0.497 e. The fraction of sp³-hybridized carbons (Fsp3) is 0.462. The maximum atomic E-state index is 14.5. The summed E-state index contributed by atoms with van der Waals surface area (Å²) in [5.74, 6) is -0.280. The lowest BCUT2D eigenvalue weighted by atomic mass is 9.90. The zero-order valence-corrected chi connectivity index (χ0v) is 42.6. The Labute approximate surface area is 414 Å². The smallest absolute Gasteiger partial charge is 0.335 e. The van der Waals surface area contributed by atoms with Crippen LogP contribution in [0.4, 0.5) is 5.69 Å². The zero-order chi connectivity index (χ0) is 51.6. The molecule has 1 unspecified atom stereocenters. The largest absolute Gasteiger partial charge is 0.497 e. The summed E-state index contributed by atoms with van der Waals surface area (Å²) in [6, 6.07) is 15.5. The standard InChI is InChI=1S/C52H62N2O16Si/c1-11-21-65-44-26-39(69-52-48(68-33(4)56)46(67-32(3)55)31(2)47(70-52)51(60)63-7)20-17-36(44)29-66-45(57)14-12-13-35-24-41-40(27-43(35)62-6)49(58)53-28-37(34-15-18-38(61-5)19-16-34)25-42(53)50(59)54(41)30-64-22-23-71(8,9)10/h1,15-20,24,26-28,31,42,46-48,52H,12-14,21-23,25,29-30H2,2-10H3/t31-,42?,46-,47-,48+,52+/m0/s1. The highest BCUT2D eigenvalue weighted by Crippen LogP contribution is 2.41. The number of anilines is 1. The van der Waals surface area contributed by atoms with Gasteiger partial charge in [0.25, 0.3) is 11.8 Å². The van der Waals surface area contributed by atoms with E-state index in [9.17, 15) is 28.8 Å². The number of terminal acetylenes is 1. The van der Waals surface area contributed by atoms with E-state index in [1.807, 2.05) is 24.3 Å². The van der Waals surface area contributed by atoms with Gasteiger partial charge in [0.2, 0.25) is 12.4 Å². The van der Waals surface area contributed by atoms with Gasteiger partial charge in [-0.3, -0.25) is 28.9 Å². The van der Waals surface area contributed by atoms with E-state index in [1.54, 1.807) is 43.3 Å². The Morgan fingerprint density at radius 2 is 1.58 bits per heavy atom. The van der Waals surface area contributed by atoms with Gasteiger partial charge < -0.3 is 52.3 Å². The van der Waals surface area contributed by atoms with Gasteiger partial charge in [-0.1, -0.05) is 44.6 Å². The van der Waals surface area contributed by atoms with E-state index in [2.05, 4.69) is 25.6 Å². The minimum absolute atomic E-state index is 0.00200. The van der Waals surface area contributed by atoms with Gasteiger partial charge in [0, 0.05) is 65.1 Å². The number of benzene rings is 3. The van der Waals surface area contributed by atoms with E-state index in [0.29, 0.717) is 54.2 Å². The lowest BCUT2D eigenvalue weighted by Gasteiger charge is -2.42. The number of ether oxygens (including phenoxy) is 10. The lowest BCUT2D eigenvalue weighted by molar-refractivity contribution is -0.266. The van der Waals surface area contributed by atoms with Gasteiger partial charge in [-0.2, -0.15) is 0 Å². The van der Waals surface area contributed by atoms with Crippen LogP contribution in [-0.2, 0) is 65.4 Å². The number of carbonyl (C=O) groups is 6. The number of hydrogen-bond acceptors (Lipinski definition) is 16. The van der Waals surface area contributed by atoms with Crippen molar-refractivity contribution in [2.75, 3.05) is 46.2 Å². The Balaban J connectivity index is 1.17. The molecule has 0 aliphatic carbocycles. The number of fused-ring (bicyclic) bond motifs is 2. The van der Waals surface area contributed by atoms with Crippen LogP contribution >= 0.6 is 0 Å². The molecule has 380 valence electrons. The number of carbonyl (C=O) groups excluding carboxylic acids is 6. The molecule has 19 heteroatoms. The highest BCUT2D eigenvalue weighted by atomic mass is 28.3. The first-order chi connectivity index (χ1) is 33.9. The average Bonchev–Trinajstić information content (AvgIpc) is 3.77. The summed E-state index contributed by atoms with van der Waals surface area (Å²) in [4.78, 5) is 82.3. The Morgan fingerprint density at radius 1 is 0.873 bits per heavy atom. The maximum Gasteiger partial charge on any atom is 0.335 e. The van der Waals surface area contributed by atoms with Crippen molar-refractivity contribution in [1.82, 2.24) is 4.90 Å². The molecule has 3 heterocycles. The molecule has 1 fully saturated rings. The molecule has 71 heavy (non-hydrogen) atoms. The molecule has 18 nitrogen and oxygen atoms in total. The number of esters is 4. The molecule has 3 aliphatic heterocycles. The SMILES string of the molecule is C#CCOc1cc(O[C@@H]2O[C@H](C(=O)OC)[C@@H](C)[C@H](OC(C)=O)[C@H]2OC(C)=O)ccc1COC(=O)CCCc1cc2c(cc1OC)C(=O)N1C=C(c3ccc(OC)cc3)CC1C(=O)N2COCC[Si](C)(C)C. The van der Waals surface area contributed by atoms with Crippen molar-refractivity contribution in [3.8, 4) is 35.3 Å². The lowest BCUT2D eigenvalue weighted by Crippen LogP contribution is -2.60. The summed E-state index contributed by atoms with van der Waals surface area (Å²) in [5.41, 5.74) is 3.49. The number of hydrogen-bond donors (Lipinski definition) is 0. The van der Waals surface area contributed by atoms with E-state index in [1.165, 1.54) is 45.1 Å². The molecule has 0 aromatic heterocycles. The highest BCUT2D eigenvalue weighted by Gasteiger charge is 2.52. The second-order valence-corrected chi connectivity index (χ2v) is 24.1. The first-order valence-corrected chi connectivity index (χ1v) is 26.9. The molecule has 0 bridgehead atoms. The molecule has 6 atom stereocenters. The Hall–Kier alpha value is -6.88. The van der Waals surface area contributed by atoms with Crippen LogP contribution in [0.5, 0.6) is 23.0 Å². The molecule has 3 aromatic rings. The van der Waals surface area contributed by atoms with Crippen LogP contribution in [0.15, 0.2) is 60.8 Å². The monoisotopic (exact) mass is 998 g/mol. The molecule has 1 saturated heterocycles. The van der Waals surface area contributed by atoms with Crippen molar-refractivity contribution in [3.05, 3.63) is 83.1 Å². The van der Waals surface area contributed by atoms with Crippen molar-refractivity contribution >= 4 is 55.0 Å². The van der Waals surface area contributed by atoms with E-state index in [4.69, 9.17) is 53.8 Å². The van der Waals surface area contributed by atoms with Crippen molar-refractivity contribution in [3.63, 3.8) is 0 Å². The van der Waals surface area contributed by atoms with Gasteiger partial charge in [0.05, 0.1) is 32.6 Å². The normalized spacial score (nSPS) is 20.6. The van der Waals surface area contributed by atoms with Gasteiger partial charge in [-0.25, -0.2) is 4.79 Å². The van der Waals surface area contributed by atoms with Crippen molar-refractivity contribution < 1.29 is 76.1 Å². The maximum absolute atomic E-state index is 14.5. The minimum atomic E-state index is -1.46. The topological polar surface area (TPSA) is 201 Å². The average molecular weight is 999 g/mol. The van der Waals surface area contributed by atoms with Crippen LogP contribution in [0.2, 0.25) is 25.7 Å². The van der Waals surface area contributed by atoms with Crippen LogP contribution in [0, 0.1) is 18.3 Å². The van der Waals surface area contributed by atoms with Gasteiger partial charge >= 0.3 is 23.9 Å². The second-order valence-electron chi connectivity index (χ2n) is 18.5. The second kappa shape index (κ2) is 23.8. The summed E-state index contributed by atoms with van der Waals surface area (Å²) < 4.78 is 56.7. The molecule has 0 N–H and O–H groups in total. The Bertz CT molecular complexity index is 2530. The fourth-order valence-electron chi connectivity index (χ4n) is 8.42. The molecule has 2 amide bonds. The van der Waals surface area contributed by atoms with Crippen LogP contribution in [0.3, 0.4) is 0 Å². The predicted molar refractivity (Wildman–Crippen MR) is 260 cm³/mol. The quantitative estimate of drug-likeness (QED) is 0.0369. The van der Waals surface area contributed by atoms with Crippen molar-refractivity contribution in [2.45, 2.75) is 109 Å². The summed E-state index contributed by atoms with van der Waals surface area (Å²) in [6.45, 7) is 10.7. The number of amides is 2. The van der Waals surface area contributed by atoms with Crippen LogP contribution < -0.4 is 23.8 Å². The third kappa shape index (κ3) is 13.3. The van der Waals surface area contributed by atoms with E-state index in [0.717, 1.165) is 17.2 Å². The molecule has 3 aliphatic rings.